The summed E-state index contributed by atoms with van der Waals surface area (Å²) in [7, 11) is 0. The van der Waals surface area contributed by atoms with Crippen LogP contribution in [0.1, 0.15) is 25.0 Å². The van der Waals surface area contributed by atoms with Gasteiger partial charge in [-0.25, -0.2) is 0 Å². The quantitative estimate of drug-likeness (QED) is 0.691. The molecule has 0 bridgehead atoms. The lowest BCUT2D eigenvalue weighted by Gasteiger charge is -2.10. The van der Waals surface area contributed by atoms with E-state index in [9.17, 15) is 0 Å². The lowest BCUT2D eigenvalue weighted by atomic mass is 10.2. The first kappa shape index (κ1) is 16.3. The van der Waals surface area contributed by atoms with Gasteiger partial charge in [0.2, 0.25) is 0 Å². The Hall–Kier alpha value is -1.07. The SMILES string of the molecule is CC(C)CNCc1cccc(OCc2ccc(I)cc2)c1. The van der Waals surface area contributed by atoms with Crippen LogP contribution in [0.15, 0.2) is 48.5 Å². The molecule has 0 aliphatic carbocycles. The van der Waals surface area contributed by atoms with Gasteiger partial charge in [-0.15, -0.1) is 0 Å². The molecular formula is C18H22INO. The van der Waals surface area contributed by atoms with Crippen molar-refractivity contribution >= 4 is 22.6 Å². The second-order valence-corrected chi connectivity index (χ2v) is 6.83. The number of ether oxygens (including phenoxy) is 1. The van der Waals surface area contributed by atoms with Gasteiger partial charge in [-0.05, 0) is 70.4 Å². The topological polar surface area (TPSA) is 21.3 Å². The molecule has 0 aromatic heterocycles. The van der Waals surface area contributed by atoms with E-state index in [-0.39, 0.29) is 0 Å². The molecule has 0 unspecified atom stereocenters. The molecule has 0 fully saturated rings. The summed E-state index contributed by atoms with van der Waals surface area (Å²) in [6, 6.07) is 16.7. The van der Waals surface area contributed by atoms with E-state index in [1.165, 1.54) is 14.7 Å². The van der Waals surface area contributed by atoms with Gasteiger partial charge in [-0.3, -0.25) is 0 Å². The summed E-state index contributed by atoms with van der Waals surface area (Å²) in [5.41, 5.74) is 2.45. The number of hydrogen-bond donors (Lipinski definition) is 1. The molecule has 3 heteroatoms. The molecule has 0 radical (unpaired) electrons. The summed E-state index contributed by atoms with van der Waals surface area (Å²) >= 11 is 2.31. The van der Waals surface area contributed by atoms with Gasteiger partial charge in [0.1, 0.15) is 12.4 Å². The van der Waals surface area contributed by atoms with Gasteiger partial charge in [-0.1, -0.05) is 38.1 Å². The molecule has 21 heavy (non-hydrogen) atoms. The maximum absolute atomic E-state index is 5.87. The smallest absolute Gasteiger partial charge is 0.120 e. The van der Waals surface area contributed by atoms with E-state index in [4.69, 9.17) is 4.74 Å². The van der Waals surface area contributed by atoms with E-state index >= 15 is 0 Å². The first-order valence-electron chi connectivity index (χ1n) is 7.30. The van der Waals surface area contributed by atoms with E-state index in [2.05, 4.69) is 84.2 Å². The number of halogens is 1. The van der Waals surface area contributed by atoms with Gasteiger partial charge in [0, 0.05) is 10.1 Å². The van der Waals surface area contributed by atoms with Crippen LogP contribution >= 0.6 is 22.6 Å². The minimum absolute atomic E-state index is 0.611. The van der Waals surface area contributed by atoms with E-state index in [1.54, 1.807) is 0 Å². The van der Waals surface area contributed by atoms with Gasteiger partial charge in [-0.2, -0.15) is 0 Å². The van der Waals surface area contributed by atoms with Crippen molar-refractivity contribution in [2.75, 3.05) is 6.54 Å². The Balaban J connectivity index is 1.87. The second-order valence-electron chi connectivity index (χ2n) is 5.59. The fraction of sp³-hybridized carbons (Fsp3) is 0.333. The zero-order valence-electron chi connectivity index (χ0n) is 12.6. The van der Waals surface area contributed by atoms with E-state index in [0.29, 0.717) is 12.5 Å². The molecule has 2 rings (SSSR count). The Morgan fingerprint density at radius 3 is 2.52 bits per heavy atom. The van der Waals surface area contributed by atoms with Gasteiger partial charge in [0.15, 0.2) is 0 Å². The molecule has 2 aromatic rings. The summed E-state index contributed by atoms with van der Waals surface area (Å²) in [6.07, 6.45) is 0. The molecule has 0 amide bonds. The molecule has 0 spiro atoms. The fourth-order valence-corrected chi connectivity index (χ4v) is 2.36. The third kappa shape index (κ3) is 6.06. The van der Waals surface area contributed by atoms with Crippen LogP contribution in [0.2, 0.25) is 0 Å². The highest BCUT2D eigenvalue weighted by atomic mass is 127. The third-order valence-corrected chi connectivity index (χ3v) is 3.82. The van der Waals surface area contributed by atoms with Crippen LogP contribution in [-0.4, -0.2) is 6.54 Å². The van der Waals surface area contributed by atoms with Crippen molar-refractivity contribution in [3.63, 3.8) is 0 Å². The fourth-order valence-electron chi connectivity index (χ4n) is 2.00. The Labute approximate surface area is 141 Å². The molecule has 2 nitrogen and oxygen atoms in total. The monoisotopic (exact) mass is 395 g/mol. The summed E-state index contributed by atoms with van der Waals surface area (Å²) in [5.74, 6) is 1.60. The lowest BCUT2D eigenvalue weighted by molar-refractivity contribution is 0.306. The Morgan fingerprint density at radius 2 is 1.81 bits per heavy atom. The van der Waals surface area contributed by atoms with Gasteiger partial charge >= 0.3 is 0 Å². The average molecular weight is 395 g/mol. The van der Waals surface area contributed by atoms with Crippen LogP contribution in [0.25, 0.3) is 0 Å². The van der Waals surface area contributed by atoms with E-state index < -0.39 is 0 Å². The number of rotatable bonds is 7. The zero-order chi connectivity index (χ0) is 15.1. The van der Waals surface area contributed by atoms with Crippen LogP contribution < -0.4 is 10.1 Å². The Morgan fingerprint density at radius 1 is 1.05 bits per heavy atom. The van der Waals surface area contributed by atoms with Crippen LogP contribution in [0.5, 0.6) is 5.75 Å². The van der Waals surface area contributed by atoms with Crippen LogP contribution in [-0.2, 0) is 13.2 Å². The van der Waals surface area contributed by atoms with Crippen molar-refractivity contribution in [2.24, 2.45) is 5.92 Å². The molecule has 0 saturated carbocycles. The molecule has 0 heterocycles. The molecule has 1 N–H and O–H groups in total. The first-order valence-corrected chi connectivity index (χ1v) is 8.38. The first-order chi connectivity index (χ1) is 10.1. The Kier molecular flexibility index (Phi) is 6.51. The van der Waals surface area contributed by atoms with Crippen LogP contribution in [0.4, 0.5) is 0 Å². The largest absolute Gasteiger partial charge is 0.489 e. The normalized spacial score (nSPS) is 10.9. The predicted octanol–water partition coefficient (Wildman–Crippen LogP) is 4.62. The second kappa shape index (κ2) is 8.39. The average Bonchev–Trinajstić information content (AvgIpc) is 2.47. The number of benzene rings is 2. The van der Waals surface area contributed by atoms with Crippen LogP contribution in [0, 0.1) is 9.49 Å². The number of hydrogen-bond acceptors (Lipinski definition) is 2. The van der Waals surface area contributed by atoms with Crippen molar-refractivity contribution in [1.29, 1.82) is 0 Å². The van der Waals surface area contributed by atoms with Gasteiger partial charge in [0.25, 0.3) is 0 Å². The summed E-state index contributed by atoms with van der Waals surface area (Å²) in [6.45, 7) is 6.97. The maximum atomic E-state index is 5.87. The van der Waals surface area contributed by atoms with Gasteiger partial charge in [0.05, 0.1) is 0 Å². The lowest BCUT2D eigenvalue weighted by Crippen LogP contribution is -2.18. The van der Waals surface area contributed by atoms with Crippen molar-refractivity contribution in [3.8, 4) is 5.75 Å². The summed E-state index contributed by atoms with van der Waals surface area (Å²) in [4.78, 5) is 0. The molecule has 0 saturated heterocycles. The molecule has 2 aromatic carbocycles. The number of nitrogens with one attached hydrogen (secondary N) is 1. The predicted molar refractivity (Wildman–Crippen MR) is 96.5 cm³/mol. The molecule has 0 aliphatic rings. The van der Waals surface area contributed by atoms with Crippen molar-refractivity contribution in [2.45, 2.75) is 27.0 Å². The van der Waals surface area contributed by atoms with Gasteiger partial charge < -0.3 is 10.1 Å². The molecular weight excluding hydrogens is 373 g/mol. The maximum Gasteiger partial charge on any atom is 0.120 e. The highest BCUT2D eigenvalue weighted by Crippen LogP contribution is 2.16. The van der Waals surface area contributed by atoms with Crippen molar-refractivity contribution in [3.05, 3.63) is 63.2 Å². The molecule has 0 atom stereocenters. The van der Waals surface area contributed by atoms with E-state index in [1.807, 2.05) is 6.07 Å². The summed E-state index contributed by atoms with van der Waals surface area (Å²) < 4.78 is 7.11. The third-order valence-electron chi connectivity index (χ3n) is 3.10. The molecule has 112 valence electrons. The Bertz CT molecular complexity index is 551. The van der Waals surface area contributed by atoms with E-state index in [0.717, 1.165) is 18.8 Å². The highest BCUT2D eigenvalue weighted by Gasteiger charge is 1.99. The van der Waals surface area contributed by atoms with Crippen LogP contribution in [0.3, 0.4) is 0 Å². The van der Waals surface area contributed by atoms with Crippen molar-refractivity contribution < 1.29 is 4.74 Å². The standard InChI is InChI=1S/C18H22INO/c1-14(2)11-20-12-16-4-3-5-18(10-16)21-13-15-6-8-17(19)9-7-15/h3-10,14,20H,11-13H2,1-2H3. The molecule has 0 aliphatic heterocycles. The summed E-state index contributed by atoms with van der Waals surface area (Å²) in [5, 5.41) is 3.45. The highest BCUT2D eigenvalue weighted by molar-refractivity contribution is 14.1. The van der Waals surface area contributed by atoms with Crippen molar-refractivity contribution in [1.82, 2.24) is 5.32 Å². The minimum atomic E-state index is 0.611. The minimum Gasteiger partial charge on any atom is -0.489 e. The zero-order valence-corrected chi connectivity index (χ0v) is 14.8.